The summed E-state index contributed by atoms with van der Waals surface area (Å²) in [5, 5.41) is 12.2. The normalized spacial score (nSPS) is 12.7. The summed E-state index contributed by atoms with van der Waals surface area (Å²) in [6, 6.07) is 0. The van der Waals surface area contributed by atoms with Crippen LogP contribution in [0.1, 0.15) is 27.7 Å². The number of terminal acetylenes is 1. The maximum absolute atomic E-state index is 8.97. The molecule has 70 valence electrons. The second-order valence-electron chi connectivity index (χ2n) is 4.45. The summed E-state index contributed by atoms with van der Waals surface area (Å²) in [5.74, 6) is 2.65. The van der Waals surface area contributed by atoms with Crippen molar-refractivity contribution in [2.24, 2.45) is 5.41 Å². The van der Waals surface area contributed by atoms with Gasteiger partial charge < -0.3 is 10.4 Å². The smallest absolute Gasteiger partial charge is 0.0741 e. The Morgan fingerprint density at radius 2 is 1.83 bits per heavy atom. The Kier molecular flexibility index (Phi) is 3.76. The fourth-order valence-corrected chi connectivity index (χ4v) is 0.567. The summed E-state index contributed by atoms with van der Waals surface area (Å²) in [6.45, 7) is 8.77. The van der Waals surface area contributed by atoms with Gasteiger partial charge in [0.05, 0.1) is 5.54 Å². The summed E-state index contributed by atoms with van der Waals surface area (Å²) < 4.78 is 0. The molecule has 0 bridgehead atoms. The molecule has 0 atom stereocenters. The molecule has 12 heavy (non-hydrogen) atoms. The van der Waals surface area contributed by atoms with Crippen molar-refractivity contribution in [1.29, 1.82) is 0 Å². The Balaban J connectivity index is 3.93. The summed E-state index contributed by atoms with van der Waals surface area (Å²) >= 11 is 0. The Hall–Kier alpha value is -0.520. The first-order valence-electron chi connectivity index (χ1n) is 4.17. The van der Waals surface area contributed by atoms with Crippen LogP contribution < -0.4 is 5.32 Å². The minimum Gasteiger partial charge on any atom is -0.396 e. The van der Waals surface area contributed by atoms with Gasteiger partial charge in [0, 0.05) is 18.6 Å². The van der Waals surface area contributed by atoms with Crippen molar-refractivity contribution < 1.29 is 5.11 Å². The summed E-state index contributed by atoms with van der Waals surface area (Å²) in [4.78, 5) is 0. The number of aliphatic hydroxyl groups is 1. The van der Waals surface area contributed by atoms with Gasteiger partial charge in [-0.1, -0.05) is 19.8 Å². The molecule has 2 nitrogen and oxygen atoms in total. The van der Waals surface area contributed by atoms with Gasteiger partial charge in [-0.15, -0.1) is 6.42 Å². The quantitative estimate of drug-likeness (QED) is 0.615. The molecule has 0 saturated heterocycles. The Labute approximate surface area is 75.4 Å². The van der Waals surface area contributed by atoms with Crippen LogP contribution in [0.4, 0.5) is 0 Å². The summed E-state index contributed by atoms with van der Waals surface area (Å²) in [5.41, 5.74) is -0.388. The third-order valence-electron chi connectivity index (χ3n) is 1.80. The molecule has 0 aromatic carbocycles. The summed E-state index contributed by atoms with van der Waals surface area (Å²) in [7, 11) is 0. The molecule has 0 saturated carbocycles. The maximum atomic E-state index is 8.97. The number of hydrogen-bond donors (Lipinski definition) is 2. The van der Waals surface area contributed by atoms with E-state index < -0.39 is 0 Å². The zero-order valence-corrected chi connectivity index (χ0v) is 8.44. The highest BCUT2D eigenvalue weighted by Gasteiger charge is 2.20. The fraction of sp³-hybridized carbons (Fsp3) is 0.800. The van der Waals surface area contributed by atoms with Crippen LogP contribution in [0.25, 0.3) is 0 Å². The molecule has 0 aliphatic carbocycles. The highest BCUT2D eigenvalue weighted by atomic mass is 16.3. The van der Waals surface area contributed by atoms with Crippen molar-refractivity contribution >= 4 is 0 Å². The first kappa shape index (κ1) is 11.5. The molecule has 0 aliphatic heterocycles. The zero-order chi connectivity index (χ0) is 9.83. The van der Waals surface area contributed by atoms with E-state index in [2.05, 4.69) is 11.2 Å². The van der Waals surface area contributed by atoms with Crippen LogP contribution in [0.3, 0.4) is 0 Å². The molecule has 0 amide bonds. The van der Waals surface area contributed by atoms with Gasteiger partial charge in [-0.05, 0) is 13.8 Å². The van der Waals surface area contributed by atoms with Gasteiger partial charge >= 0.3 is 0 Å². The Bertz CT molecular complexity index is 177. The van der Waals surface area contributed by atoms with E-state index >= 15 is 0 Å². The molecular formula is C10H19NO. The lowest BCUT2D eigenvalue weighted by atomic mass is 9.93. The molecule has 0 unspecified atom stereocenters. The second-order valence-corrected chi connectivity index (χ2v) is 4.45. The van der Waals surface area contributed by atoms with Crippen LogP contribution in [0.5, 0.6) is 0 Å². The predicted molar refractivity (Wildman–Crippen MR) is 51.8 cm³/mol. The van der Waals surface area contributed by atoms with E-state index in [1.54, 1.807) is 0 Å². The lowest BCUT2D eigenvalue weighted by Crippen LogP contribution is -2.44. The van der Waals surface area contributed by atoms with Crippen LogP contribution in [-0.4, -0.2) is 23.8 Å². The first-order chi connectivity index (χ1) is 5.33. The van der Waals surface area contributed by atoms with Gasteiger partial charge in [-0.2, -0.15) is 0 Å². The van der Waals surface area contributed by atoms with Crippen LogP contribution in [0.2, 0.25) is 0 Å². The van der Waals surface area contributed by atoms with E-state index in [4.69, 9.17) is 11.5 Å². The number of hydrogen-bond acceptors (Lipinski definition) is 2. The van der Waals surface area contributed by atoms with Crippen molar-refractivity contribution in [1.82, 2.24) is 5.32 Å². The van der Waals surface area contributed by atoms with E-state index in [-0.39, 0.29) is 17.6 Å². The highest BCUT2D eigenvalue weighted by molar-refractivity contribution is 5.07. The van der Waals surface area contributed by atoms with Crippen LogP contribution in [0.15, 0.2) is 0 Å². The van der Waals surface area contributed by atoms with Crippen molar-refractivity contribution in [2.45, 2.75) is 33.2 Å². The molecule has 2 N–H and O–H groups in total. The predicted octanol–water partition coefficient (Wildman–Crippen LogP) is 1.01. The molecule has 0 rings (SSSR count). The second kappa shape index (κ2) is 3.93. The van der Waals surface area contributed by atoms with Gasteiger partial charge in [0.15, 0.2) is 0 Å². The SMILES string of the molecule is C#CC(C)(C)NCC(C)(C)CO. The minimum atomic E-state index is -0.285. The Morgan fingerprint density at radius 3 is 2.17 bits per heavy atom. The average Bonchev–Trinajstić information content (AvgIpc) is 2.02. The molecule has 0 aliphatic rings. The maximum Gasteiger partial charge on any atom is 0.0741 e. The van der Waals surface area contributed by atoms with Gasteiger partial charge in [-0.25, -0.2) is 0 Å². The fourth-order valence-electron chi connectivity index (χ4n) is 0.567. The monoisotopic (exact) mass is 169 g/mol. The first-order valence-corrected chi connectivity index (χ1v) is 4.17. The van der Waals surface area contributed by atoms with Gasteiger partial charge in [0.1, 0.15) is 0 Å². The molecule has 0 fully saturated rings. The van der Waals surface area contributed by atoms with E-state index in [0.29, 0.717) is 0 Å². The molecule has 0 aromatic heterocycles. The third-order valence-corrected chi connectivity index (χ3v) is 1.80. The molecule has 0 spiro atoms. The van der Waals surface area contributed by atoms with Gasteiger partial charge in [-0.3, -0.25) is 0 Å². The van der Waals surface area contributed by atoms with E-state index in [1.165, 1.54) is 0 Å². The lowest BCUT2D eigenvalue weighted by Gasteiger charge is -2.28. The largest absolute Gasteiger partial charge is 0.396 e. The van der Waals surface area contributed by atoms with Crippen molar-refractivity contribution in [3.8, 4) is 12.3 Å². The zero-order valence-electron chi connectivity index (χ0n) is 8.44. The van der Waals surface area contributed by atoms with Gasteiger partial charge in [0.2, 0.25) is 0 Å². The van der Waals surface area contributed by atoms with Gasteiger partial charge in [0.25, 0.3) is 0 Å². The number of nitrogens with one attached hydrogen (secondary N) is 1. The molecule has 2 heteroatoms. The lowest BCUT2D eigenvalue weighted by molar-refractivity contribution is 0.151. The highest BCUT2D eigenvalue weighted by Crippen LogP contribution is 2.13. The molecule has 0 radical (unpaired) electrons. The summed E-state index contributed by atoms with van der Waals surface area (Å²) in [6.07, 6.45) is 5.30. The number of aliphatic hydroxyl groups excluding tert-OH is 1. The van der Waals surface area contributed by atoms with Crippen molar-refractivity contribution in [3.05, 3.63) is 0 Å². The number of rotatable bonds is 4. The van der Waals surface area contributed by atoms with E-state index in [9.17, 15) is 0 Å². The minimum absolute atomic E-state index is 0.103. The third kappa shape index (κ3) is 4.38. The van der Waals surface area contributed by atoms with Crippen molar-refractivity contribution in [3.63, 3.8) is 0 Å². The average molecular weight is 169 g/mol. The van der Waals surface area contributed by atoms with Crippen LogP contribution in [0, 0.1) is 17.8 Å². The van der Waals surface area contributed by atoms with E-state index in [0.717, 1.165) is 6.54 Å². The standard InChI is InChI=1S/C10H19NO/c1-6-10(4,5)11-7-9(2,3)8-12/h1,11-12H,7-8H2,2-5H3. The Morgan fingerprint density at radius 1 is 1.33 bits per heavy atom. The van der Waals surface area contributed by atoms with E-state index in [1.807, 2.05) is 27.7 Å². The van der Waals surface area contributed by atoms with Crippen LogP contribution in [-0.2, 0) is 0 Å². The van der Waals surface area contributed by atoms with Crippen LogP contribution >= 0.6 is 0 Å². The molecular weight excluding hydrogens is 150 g/mol. The molecule has 0 heterocycles. The van der Waals surface area contributed by atoms with Crippen molar-refractivity contribution in [2.75, 3.05) is 13.2 Å². The topological polar surface area (TPSA) is 32.3 Å². The molecule has 0 aromatic rings.